The highest BCUT2D eigenvalue weighted by Gasteiger charge is 2.66. The Morgan fingerprint density at radius 1 is 1.40 bits per heavy atom. The Hall–Kier alpha value is -0.100. The van der Waals surface area contributed by atoms with E-state index < -0.39 is 5.41 Å². The van der Waals surface area contributed by atoms with E-state index in [0.717, 1.165) is 0 Å². The van der Waals surface area contributed by atoms with Crippen LogP contribution in [-0.4, -0.2) is 14.9 Å². The number of nitrogens with one attached hydrogen (secondary N) is 1. The molecule has 1 N–H and O–H groups in total. The molecule has 0 saturated heterocycles. The third-order valence-corrected chi connectivity index (χ3v) is 6.28. The Kier molecular flexibility index (Phi) is 4.55. The van der Waals surface area contributed by atoms with Crippen molar-refractivity contribution in [1.29, 1.82) is 0 Å². The number of hydrazone groups is 1. The van der Waals surface area contributed by atoms with Gasteiger partial charge >= 0.3 is 0 Å². The summed E-state index contributed by atoms with van der Waals surface area (Å²) in [4.78, 5) is 12.1. The Morgan fingerprint density at radius 3 is 2.55 bits per heavy atom. The standard InChI is InChI=1S/C13H12Br2Cl2N2O/c1-7(9-5-8(16)3-4-10(9)17)18-19-11(20)12(2)6-13(12,14)15/h3-5H,6H2,1-2H3,(H,19,20)/b18-7+/t12-/m1/s1. The largest absolute Gasteiger partial charge is 0.272 e. The number of amides is 1. The molecule has 0 radical (unpaired) electrons. The molecule has 20 heavy (non-hydrogen) atoms. The molecule has 1 aromatic carbocycles. The highest BCUT2D eigenvalue weighted by Crippen LogP contribution is 2.66. The summed E-state index contributed by atoms with van der Waals surface area (Å²) in [6.45, 7) is 3.63. The molecule has 0 bridgehead atoms. The third kappa shape index (κ3) is 3.06. The average Bonchev–Trinajstić information content (AvgIpc) is 2.89. The summed E-state index contributed by atoms with van der Waals surface area (Å²) in [5.74, 6) is -0.149. The molecule has 1 fully saturated rings. The Bertz CT molecular complexity index is 604. The first-order valence-corrected chi connectivity index (χ1v) is 8.19. The van der Waals surface area contributed by atoms with Gasteiger partial charge in [-0.15, -0.1) is 0 Å². The number of carbonyl (C=O) groups is 1. The molecule has 7 heteroatoms. The van der Waals surface area contributed by atoms with Gasteiger partial charge in [-0.3, -0.25) is 4.79 Å². The maximum absolute atomic E-state index is 12.1. The zero-order chi connectivity index (χ0) is 15.1. The van der Waals surface area contributed by atoms with Crippen LogP contribution in [-0.2, 0) is 4.79 Å². The van der Waals surface area contributed by atoms with Gasteiger partial charge in [0.2, 0.25) is 5.91 Å². The van der Waals surface area contributed by atoms with Crippen LogP contribution in [0.1, 0.15) is 25.8 Å². The maximum Gasteiger partial charge on any atom is 0.248 e. The van der Waals surface area contributed by atoms with Gasteiger partial charge in [0, 0.05) is 15.6 Å². The van der Waals surface area contributed by atoms with Crippen molar-refractivity contribution in [1.82, 2.24) is 5.43 Å². The van der Waals surface area contributed by atoms with Crippen LogP contribution in [0.15, 0.2) is 23.3 Å². The number of alkyl halides is 2. The minimum atomic E-state index is -0.505. The van der Waals surface area contributed by atoms with E-state index >= 15 is 0 Å². The normalized spacial score (nSPS) is 24.4. The molecular weight excluding hydrogens is 431 g/mol. The first-order chi connectivity index (χ1) is 9.17. The van der Waals surface area contributed by atoms with Crippen LogP contribution < -0.4 is 5.43 Å². The smallest absolute Gasteiger partial charge is 0.248 e. The highest BCUT2D eigenvalue weighted by molar-refractivity contribution is 9.25. The topological polar surface area (TPSA) is 41.5 Å². The molecule has 0 heterocycles. The van der Waals surface area contributed by atoms with Gasteiger partial charge in [-0.25, -0.2) is 5.43 Å². The summed E-state index contributed by atoms with van der Waals surface area (Å²) in [7, 11) is 0. The van der Waals surface area contributed by atoms with Gasteiger partial charge in [0.25, 0.3) is 0 Å². The van der Waals surface area contributed by atoms with Gasteiger partial charge in [0.05, 0.1) is 14.4 Å². The molecular formula is C13H12Br2Cl2N2O. The minimum Gasteiger partial charge on any atom is -0.272 e. The third-order valence-electron chi connectivity index (χ3n) is 3.40. The SMILES string of the molecule is C/C(=N\NC(=O)[C@@]1(C)CC1(Br)Br)c1cc(Cl)ccc1Cl. The lowest BCUT2D eigenvalue weighted by atomic mass is 10.1. The second kappa shape index (κ2) is 5.59. The molecule has 1 aromatic rings. The molecule has 0 spiro atoms. The van der Waals surface area contributed by atoms with Crippen molar-refractivity contribution >= 4 is 66.7 Å². The predicted octanol–water partition coefficient (Wildman–Crippen LogP) is 4.73. The monoisotopic (exact) mass is 440 g/mol. The van der Waals surface area contributed by atoms with E-state index in [1.807, 2.05) is 6.92 Å². The van der Waals surface area contributed by atoms with Crippen LogP contribution in [0, 0.1) is 5.41 Å². The number of rotatable bonds is 3. The molecule has 0 unspecified atom stereocenters. The first-order valence-electron chi connectivity index (χ1n) is 5.85. The van der Waals surface area contributed by atoms with Crippen LogP contribution in [0.3, 0.4) is 0 Å². The van der Waals surface area contributed by atoms with Gasteiger partial charge in [0.1, 0.15) is 0 Å². The van der Waals surface area contributed by atoms with Crippen LogP contribution >= 0.6 is 55.1 Å². The Balaban J connectivity index is 2.12. The van der Waals surface area contributed by atoms with Crippen molar-refractivity contribution in [2.45, 2.75) is 23.5 Å². The van der Waals surface area contributed by atoms with Crippen molar-refractivity contribution in [3.05, 3.63) is 33.8 Å². The minimum absolute atomic E-state index is 0.149. The first kappa shape index (κ1) is 16.3. The lowest BCUT2D eigenvalue weighted by molar-refractivity contribution is -0.125. The van der Waals surface area contributed by atoms with Crippen LogP contribution in [0.25, 0.3) is 0 Å². The molecule has 1 saturated carbocycles. The molecule has 1 aliphatic rings. The van der Waals surface area contributed by atoms with E-state index in [1.54, 1.807) is 25.1 Å². The van der Waals surface area contributed by atoms with E-state index in [-0.39, 0.29) is 9.14 Å². The molecule has 1 atom stereocenters. The zero-order valence-corrected chi connectivity index (χ0v) is 15.5. The molecule has 3 nitrogen and oxygen atoms in total. The number of benzene rings is 1. The lowest BCUT2D eigenvalue weighted by Gasteiger charge is -2.11. The highest BCUT2D eigenvalue weighted by atomic mass is 79.9. The van der Waals surface area contributed by atoms with Crippen molar-refractivity contribution in [3.63, 3.8) is 0 Å². The van der Waals surface area contributed by atoms with Gasteiger partial charge in [-0.2, -0.15) is 5.10 Å². The van der Waals surface area contributed by atoms with E-state index in [2.05, 4.69) is 42.4 Å². The summed E-state index contributed by atoms with van der Waals surface area (Å²) >= 11 is 18.9. The lowest BCUT2D eigenvalue weighted by Crippen LogP contribution is -2.30. The molecule has 0 aromatic heterocycles. The number of nitrogens with zero attached hydrogens (tertiary/aromatic N) is 1. The van der Waals surface area contributed by atoms with Crippen molar-refractivity contribution in [3.8, 4) is 0 Å². The summed E-state index contributed by atoms with van der Waals surface area (Å²) in [6.07, 6.45) is 0.707. The van der Waals surface area contributed by atoms with E-state index in [0.29, 0.717) is 27.7 Å². The fraction of sp³-hybridized carbons (Fsp3) is 0.385. The van der Waals surface area contributed by atoms with E-state index in [9.17, 15) is 4.79 Å². The quantitative estimate of drug-likeness (QED) is 0.410. The van der Waals surface area contributed by atoms with Gasteiger partial charge in [0.15, 0.2) is 0 Å². The second-order valence-corrected chi connectivity index (χ2v) is 9.59. The summed E-state index contributed by atoms with van der Waals surface area (Å²) in [5.41, 5.74) is 3.37. The van der Waals surface area contributed by atoms with Crippen molar-refractivity contribution in [2.75, 3.05) is 0 Å². The van der Waals surface area contributed by atoms with E-state index in [4.69, 9.17) is 23.2 Å². The fourth-order valence-electron chi connectivity index (χ4n) is 1.74. The Morgan fingerprint density at radius 2 is 2.00 bits per heavy atom. The number of carbonyl (C=O) groups excluding carboxylic acids is 1. The second-order valence-electron chi connectivity index (χ2n) is 4.98. The van der Waals surface area contributed by atoms with Crippen molar-refractivity contribution < 1.29 is 4.79 Å². The van der Waals surface area contributed by atoms with Crippen LogP contribution in [0.2, 0.25) is 10.0 Å². The summed E-state index contributed by atoms with van der Waals surface area (Å²) in [6, 6.07) is 5.12. The number of hydrogen-bond acceptors (Lipinski definition) is 2. The molecule has 1 amide bonds. The van der Waals surface area contributed by atoms with Crippen LogP contribution in [0.5, 0.6) is 0 Å². The van der Waals surface area contributed by atoms with Crippen LogP contribution in [0.4, 0.5) is 0 Å². The predicted molar refractivity (Wildman–Crippen MR) is 90.1 cm³/mol. The fourth-order valence-corrected chi connectivity index (χ4v) is 3.65. The molecule has 2 rings (SSSR count). The molecule has 108 valence electrons. The summed E-state index contributed by atoms with van der Waals surface area (Å²) in [5, 5.41) is 5.21. The summed E-state index contributed by atoms with van der Waals surface area (Å²) < 4.78 is -0.339. The maximum atomic E-state index is 12.1. The van der Waals surface area contributed by atoms with Gasteiger partial charge < -0.3 is 0 Å². The average molecular weight is 443 g/mol. The van der Waals surface area contributed by atoms with Crippen molar-refractivity contribution in [2.24, 2.45) is 10.5 Å². The molecule has 1 aliphatic carbocycles. The molecule has 0 aliphatic heterocycles. The van der Waals surface area contributed by atoms with Gasteiger partial charge in [-0.05, 0) is 38.5 Å². The number of hydrogen-bond donors (Lipinski definition) is 1. The van der Waals surface area contributed by atoms with Gasteiger partial charge in [-0.1, -0.05) is 55.1 Å². The Labute approximate surface area is 144 Å². The van der Waals surface area contributed by atoms with E-state index in [1.165, 1.54) is 0 Å². The zero-order valence-electron chi connectivity index (χ0n) is 10.8. The number of halogens is 4.